The Morgan fingerprint density at radius 2 is 1.68 bits per heavy atom. The molecule has 0 unspecified atom stereocenters. The van der Waals surface area contributed by atoms with E-state index in [9.17, 15) is 19.7 Å². The first-order valence-corrected chi connectivity index (χ1v) is 9.31. The lowest BCUT2D eigenvalue weighted by atomic mass is 10.0. The zero-order chi connectivity index (χ0) is 22.4. The lowest BCUT2D eigenvalue weighted by Crippen LogP contribution is -2.19. The average Bonchev–Trinajstić information content (AvgIpc) is 2.76. The molecule has 0 amide bonds. The third-order valence-electron chi connectivity index (χ3n) is 4.50. The van der Waals surface area contributed by atoms with E-state index in [1.165, 1.54) is 24.3 Å². The molecule has 0 aliphatic carbocycles. The SMILES string of the molecule is Cc1cccc(C(=O)Oc2ccc(/C(=N\N)C(=O)Cc3ccc([N+](=O)[O-])cc3)cc2)c1. The summed E-state index contributed by atoms with van der Waals surface area (Å²) in [6.07, 6.45) is -0.0158. The van der Waals surface area contributed by atoms with Gasteiger partial charge in [0.25, 0.3) is 5.69 Å². The highest BCUT2D eigenvalue weighted by molar-refractivity contribution is 6.46. The van der Waals surface area contributed by atoms with Crippen molar-refractivity contribution in [3.63, 3.8) is 0 Å². The number of aryl methyl sites for hydroxylation is 1. The molecule has 0 saturated heterocycles. The summed E-state index contributed by atoms with van der Waals surface area (Å²) in [5, 5.41) is 14.3. The van der Waals surface area contributed by atoms with Crippen LogP contribution in [0, 0.1) is 17.0 Å². The van der Waals surface area contributed by atoms with Crippen LogP contribution in [0.1, 0.15) is 27.0 Å². The number of rotatable bonds is 7. The van der Waals surface area contributed by atoms with Crippen molar-refractivity contribution in [2.75, 3.05) is 0 Å². The summed E-state index contributed by atoms with van der Waals surface area (Å²) in [6.45, 7) is 1.88. The molecule has 0 bridgehead atoms. The summed E-state index contributed by atoms with van der Waals surface area (Å²) in [6, 6.07) is 19.0. The maximum absolute atomic E-state index is 12.6. The van der Waals surface area contributed by atoms with Crippen LogP contribution < -0.4 is 10.6 Å². The van der Waals surface area contributed by atoms with Crippen molar-refractivity contribution >= 4 is 23.2 Å². The maximum atomic E-state index is 12.6. The van der Waals surface area contributed by atoms with E-state index in [0.29, 0.717) is 22.4 Å². The molecular weight excluding hydrogens is 398 g/mol. The molecule has 3 rings (SSSR count). The van der Waals surface area contributed by atoms with Crippen molar-refractivity contribution in [2.45, 2.75) is 13.3 Å². The standard InChI is InChI=1S/C23H19N3O5/c1-15-3-2-4-18(13-15)23(28)31-20-11-7-17(8-12-20)22(25-24)21(27)14-16-5-9-19(10-6-16)26(29)30/h2-13H,14,24H2,1H3/b25-22+. The van der Waals surface area contributed by atoms with Crippen LogP contribution in [0.5, 0.6) is 5.75 Å². The van der Waals surface area contributed by atoms with Gasteiger partial charge < -0.3 is 10.6 Å². The fourth-order valence-corrected chi connectivity index (χ4v) is 2.93. The van der Waals surface area contributed by atoms with Crippen LogP contribution in [-0.2, 0) is 11.2 Å². The summed E-state index contributed by atoms with van der Waals surface area (Å²) in [5.41, 5.74) is 2.44. The molecule has 0 atom stereocenters. The number of Topliss-reactive ketones (excluding diaryl/α,β-unsaturated/α-hetero) is 1. The highest BCUT2D eigenvalue weighted by atomic mass is 16.6. The van der Waals surface area contributed by atoms with Crippen LogP contribution in [0.4, 0.5) is 5.69 Å². The van der Waals surface area contributed by atoms with E-state index >= 15 is 0 Å². The van der Waals surface area contributed by atoms with Crippen molar-refractivity contribution in [2.24, 2.45) is 10.9 Å². The molecule has 0 aromatic heterocycles. The number of benzene rings is 3. The number of ether oxygens (including phenoxy) is 1. The van der Waals surface area contributed by atoms with Crippen LogP contribution >= 0.6 is 0 Å². The predicted molar refractivity (Wildman–Crippen MR) is 115 cm³/mol. The van der Waals surface area contributed by atoms with E-state index in [2.05, 4.69) is 5.10 Å². The van der Waals surface area contributed by atoms with Crippen LogP contribution in [0.2, 0.25) is 0 Å². The molecule has 0 fully saturated rings. The van der Waals surface area contributed by atoms with Gasteiger partial charge in [0.2, 0.25) is 0 Å². The number of nitro groups is 1. The second-order valence-corrected chi connectivity index (χ2v) is 6.78. The van der Waals surface area contributed by atoms with E-state index in [1.807, 2.05) is 13.0 Å². The van der Waals surface area contributed by atoms with Gasteiger partial charge >= 0.3 is 5.97 Å². The molecule has 0 aliphatic heterocycles. The number of nitrogens with zero attached hydrogens (tertiary/aromatic N) is 2. The molecule has 0 radical (unpaired) electrons. The lowest BCUT2D eigenvalue weighted by molar-refractivity contribution is -0.384. The van der Waals surface area contributed by atoms with Gasteiger partial charge in [0.1, 0.15) is 11.5 Å². The first kappa shape index (κ1) is 21.4. The van der Waals surface area contributed by atoms with Crippen molar-refractivity contribution in [1.29, 1.82) is 0 Å². The molecule has 31 heavy (non-hydrogen) atoms. The topological polar surface area (TPSA) is 125 Å². The van der Waals surface area contributed by atoms with E-state index in [-0.39, 0.29) is 23.6 Å². The number of carbonyl (C=O) groups is 2. The molecule has 156 valence electrons. The van der Waals surface area contributed by atoms with Crippen LogP contribution in [0.25, 0.3) is 0 Å². The quantitative estimate of drug-likeness (QED) is 0.156. The molecule has 8 heteroatoms. The Hall–Kier alpha value is -4.33. The van der Waals surface area contributed by atoms with Crippen LogP contribution in [-0.4, -0.2) is 22.4 Å². The third kappa shape index (κ3) is 5.39. The van der Waals surface area contributed by atoms with Crippen LogP contribution in [0.3, 0.4) is 0 Å². The minimum atomic E-state index is -0.508. The number of hydrogen-bond acceptors (Lipinski definition) is 7. The summed E-state index contributed by atoms with van der Waals surface area (Å²) in [4.78, 5) is 35.1. The van der Waals surface area contributed by atoms with E-state index in [4.69, 9.17) is 10.6 Å². The van der Waals surface area contributed by atoms with Crippen molar-refractivity contribution in [3.05, 3.63) is 105 Å². The first-order chi connectivity index (χ1) is 14.9. The molecule has 8 nitrogen and oxygen atoms in total. The number of hydrazone groups is 1. The molecule has 0 heterocycles. The monoisotopic (exact) mass is 417 g/mol. The highest BCUT2D eigenvalue weighted by Crippen LogP contribution is 2.17. The van der Waals surface area contributed by atoms with Gasteiger partial charge in [0, 0.05) is 24.1 Å². The summed E-state index contributed by atoms with van der Waals surface area (Å²) in [5.74, 6) is 4.90. The first-order valence-electron chi connectivity index (χ1n) is 9.31. The Kier molecular flexibility index (Phi) is 6.51. The van der Waals surface area contributed by atoms with Gasteiger partial charge in [-0.3, -0.25) is 14.9 Å². The molecule has 0 saturated carbocycles. The molecule has 2 N–H and O–H groups in total. The Labute approximate surface area is 178 Å². The minimum absolute atomic E-state index is 0.0158. The molecular formula is C23H19N3O5. The smallest absolute Gasteiger partial charge is 0.343 e. The molecule has 0 aliphatic rings. The second kappa shape index (κ2) is 9.45. The molecule has 3 aromatic rings. The number of carbonyl (C=O) groups excluding carboxylic acids is 2. The van der Waals surface area contributed by atoms with Crippen LogP contribution in [0.15, 0.2) is 77.9 Å². The highest BCUT2D eigenvalue weighted by Gasteiger charge is 2.16. The number of non-ortho nitro benzene ring substituents is 1. The van der Waals surface area contributed by atoms with Gasteiger partial charge in [-0.1, -0.05) is 29.8 Å². The zero-order valence-electron chi connectivity index (χ0n) is 16.6. The largest absolute Gasteiger partial charge is 0.423 e. The van der Waals surface area contributed by atoms with Crippen molar-refractivity contribution < 1.29 is 19.2 Å². The lowest BCUT2D eigenvalue weighted by Gasteiger charge is -2.08. The van der Waals surface area contributed by atoms with Gasteiger partial charge in [0.05, 0.1) is 10.5 Å². The second-order valence-electron chi connectivity index (χ2n) is 6.78. The van der Waals surface area contributed by atoms with Gasteiger partial charge in [-0.15, -0.1) is 0 Å². The van der Waals surface area contributed by atoms with Gasteiger partial charge in [0.15, 0.2) is 5.78 Å². The van der Waals surface area contributed by atoms with E-state index in [0.717, 1.165) is 5.56 Å². The van der Waals surface area contributed by atoms with E-state index < -0.39 is 10.9 Å². The normalized spacial score (nSPS) is 11.1. The zero-order valence-corrected chi connectivity index (χ0v) is 16.6. The Morgan fingerprint density at radius 1 is 1.00 bits per heavy atom. The Balaban J connectivity index is 1.68. The van der Waals surface area contributed by atoms with E-state index in [1.54, 1.807) is 42.5 Å². The summed E-state index contributed by atoms with van der Waals surface area (Å²) in [7, 11) is 0. The fraction of sp³-hybridized carbons (Fsp3) is 0.0870. The predicted octanol–water partition coefficient (Wildman–Crippen LogP) is 3.60. The summed E-state index contributed by atoms with van der Waals surface area (Å²) < 4.78 is 5.36. The average molecular weight is 417 g/mol. The number of nitro benzene ring substituents is 1. The Morgan fingerprint density at radius 3 is 2.26 bits per heavy atom. The number of nitrogens with two attached hydrogens (primary N) is 1. The van der Waals surface area contributed by atoms with Gasteiger partial charge in [-0.05, 0) is 48.9 Å². The van der Waals surface area contributed by atoms with Gasteiger partial charge in [-0.2, -0.15) is 5.10 Å². The summed E-state index contributed by atoms with van der Waals surface area (Å²) >= 11 is 0. The maximum Gasteiger partial charge on any atom is 0.343 e. The Bertz CT molecular complexity index is 1150. The molecule has 3 aromatic carbocycles. The number of ketones is 1. The third-order valence-corrected chi connectivity index (χ3v) is 4.50. The van der Waals surface area contributed by atoms with Crippen molar-refractivity contribution in [3.8, 4) is 5.75 Å². The number of esters is 1. The minimum Gasteiger partial charge on any atom is -0.423 e. The fourth-order valence-electron chi connectivity index (χ4n) is 2.93. The molecule has 0 spiro atoms. The number of hydrogen-bond donors (Lipinski definition) is 1. The van der Waals surface area contributed by atoms with Crippen molar-refractivity contribution in [1.82, 2.24) is 0 Å². The van der Waals surface area contributed by atoms with Gasteiger partial charge in [-0.25, -0.2) is 4.79 Å².